The third-order valence-electron chi connectivity index (χ3n) is 9.51. The van der Waals surface area contributed by atoms with E-state index in [1.165, 1.54) is 0 Å². The molecule has 44 heavy (non-hydrogen) atoms. The number of amides is 3. The van der Waals surface area contributed by atoms with Gasteiger partial charge in [-0.05, 0) is 50.3 Å². The molecule has 2 aromatic rings. The highest BCUT2D eigenvalue weighted by Crippen LogP contribution is 2.72. The van der Waals surface area contributed by atoms with Crippen molar-refractivity contribution in [2.24, 2.45) is 11.8 Å². The fourth-order valence-corrected chi connectivity index (χ4v) is 10.3. The standard InChI is InChI=1S/C35H42ClN3O4S/c1-5-19-37(20-6-2)31(41)28-29-32(42)39(25(23-40)22-24-13-9-8-10-14-24)30(35(29)18-17-34(28,4)44-35)33(43)38(21-7-3)27-16-12-11-15-26(27)36/h5,7-16,25,28-30,40H,1,3,6,17-23H2,2,4H3/t25-,28-,29+,30?,34+,35?/m1/s1. The van der Waals surface area contributed by atoms with Crippen LogP contribution in [0.4, 0.5) is 5.69 Å². The summed E-state index contributed by atoms with van der Waals surface area (Å²) in [6, 6.07) is 15.3. The summed E-state index contributed by atoms with van der Waals surface area (Å²) in [5.74, 6) is -1.86. The van der Waals surface area contributed by atoms with E-state index in [2.05, 4.69) is 20.1 Å². The molecule has 3 aliphatic heterocycles. The van der Waals surface area contributed by atoms with Gasteiger partial charge in [0, 0.05) is 24.4 Å². The maximum absolute atomic E-state index is 15.0. The lowest BCUT2D eigenvalue weighted by Crippen LogP contribution is -2.58. The minimum Gasteiger partial charge on any atom is -0.394 e. The van der Waals surface area contributed by atoms with Crippen molar-refractivity contribution in [1.29, 1.82) is 0 Å². The monoisotopic (exact) mass is 635 g/mol. The highest BCUT2D eigenvalue weighted by molar-refractivity contribution is 8.02. The Labute approximate surface area is 269 Å². The molecule has 234 valence electrons. The number of likely N-dealkylation sites (tertiary alicyclic amines) is 1. The van der Waals surface area contributed by atoms with Crippen molar-refractivity contribution in [2.45, 2.75) is 61.1 Å². The molecule has 3 fully saturated rings. The van der Waals surface area contributed by atoms with Crippen LogP contribution < -0.4 is 4.90 Å². The van der Waals surface area contributed by atoms with Crippen LogP contribution in [0.5, 0.6) is 0 Å². The molecule has 5 rings (SSSR count). The molecular weight excluding hydrogens is 594 g/mol. The quantitative estimate of drug-likeness (QED) is 0.300. The molecule has 3 saturated heterocycles. The zero-order valence-corrected chi connectivity index (χ0v) is 27.1. The van der Waals surface area contributed by atoms with E-state index in [4.69, 9.17) is 11.6 Å². The number of benzene rings is 2. The van der Waals surface area contributed by atoms with Crippen LogP contribution >= 0.6 is 23.4 Å². The molecule has 6 atom stereocenters. The number of aliphatic hydroxyl groups is 1. The van der Waals surface area contributed by atoms with Gasteiger partial charge in [-0.25, -0.2) is 0 Å². The number of hydrogen-bond acceptors (Lipinski definition) is 5. The van der Waals surface area contributed by atoms with Crippen molar-refractivity contribution in [1.82, 2.24) is 9.80 Å². The summed E-state index contributed by atoms with van der Waals surface area (Å²) in [6.07, 6.45) is 5.85. The van der Waals surface area contributed by atoms with Crippen LogP contribution in [0.15, 0.2) is 79.9 Å². The second-order valence-electron chi connectivity index (χ2n) is 12.3. The van der Waals surface area contributed by atoms with Gasteiger partial charge < -0.3 is 19.8 Å². The summed E-state index contributed by atoms with van der Waals surface area (Å²) < 4.78 is -1.34. The number of anilines is 1. The Morgan fingerprint density at radius 2 is 1.77 bits per heavy atom. The average molecular weight is 636 g/mol. The average Bonchev–Trinajstić information content (AvgIpc) is 3.59. The van der Waals surface area contributed by atoms with Crippen LogP contribution in [0.1, 0.15) is 38.7 Å². The summed E-state index contributed by atoms with van der Waals surface area (Å²) in [5, 5.41) is 11.2. The van der Waals surface area contributed by atoms with Crippen LogP contribution in [0.25, 0.3) is 0 Å². The van der Waals surface area contributed by atoms with Gasteiger partial charge in [0.2, 0.25) is 11.8 Å². The molecule has 3 amide bonds. The Kier molecular flexibility index (Phi) is 9.64. The fraction of sp³-hybridized carbons (Fsp3) is 0.457. The second-order valence-corrected chi connectivity index (χ2v) is 14.6. The van der Waals surface area contributed by atoms with E-state index in [1.807, 2.05) is 43.3 Å². The number of thioether (sulfide) groups is 1. The van der Waals surface area contributed by atoms with Crippen molar-refractivity contribution in [3.63, 3.8) is 0 Å². The van der Waals surface area contributed by atoms with Crippen LogP contribution in [-0.4, -0.2) is 80.4 Å². The van der Waals surface area contributed by atoms with Crippen molar-refractivity contribution < 1.29 is 19.5 Å². The first kappa shape index (κ1) is 32.3. The zero-order valence-electron chi connectivity index (χ0n) is 25.5. The number of aliphatic hydroxyl groups excluding tert-OH is 1. The topological polar surface area (TPSA) is 81.2 Å². The molecule has 1 N–H and O–H groups in total. The number of carbonyl (C=O) groups excluding carboxylic acids is 3. The Hall–Kier alpha value is -3.07. The van der Waals surface area contributed by atoms with Crippen molar-refractivity contribution >= 4 is 46.8 Å². The molecule has 0 saturated carbocycles. The van der Waals surface area contributed by atoms with Crippen LogP contribution in [0, 0.1) is 11.8 Å². The molecule has 3 heterocycles. The number of carbonyl (C=O) groups is 3. The second kappa shape index (κ2) is 13.1. The van der Waals surface area contributed by atoms with E-state index >= 15 is 0 Å². The first-order valence-electron chi connectivity index (χ1n) is 15.4. The number of rotatable bonds is 13. The largest absolute Gasteiger partial charge is 0.394 e. The fourth-order valence-electron chi connectivity index (χ4n) is 7.72. The van der Waals surface area contributed by atoms with Crippen molar-refractivity contribution in [3.05, 3.63) is 90.5 Å². The third-order valence-corrected chi connectivity index (χ3v) is 11.8. The summed E-state index contributed by atoms with van der Waals surface area (Å²) in [7, 11) is 0. The van der Waals surface area contributed by atoms with Gasteiger partial charge in [-0.15, -0.1) is 24.9 Å². The highest BCUT2D eigenvalue weighted by atomic mass is 35.5. The predicted octanol–water partition coefficient (Wildman–Crippen LogP) is 5.37. The molecule has 2 bridgehead atoms. The molecule has 0 radical (unpaired) electrons. The minimum atomic E-state index is -0.902. The lowest BCUT2D eigenvalue weighted by molar-refractivity contribution is -0.146. The Bertz CT molecular complexity index is 1420. The number of para-hydroxylation sites is 1. The van der Waals surface area contributed by atoms with E-state index < -0.39 is 33.4 Å². The lowest BCUT2D eigenvalue weighted by Gasteiger charge is -2.40. The molecule has 1 spiro atoms. The smallest absolute Gasteiger partial charge is 0.251 e. The Morgan fingerprint density at radius 1 is 1.09 bits per heavy atom. The first-order chi connectivity index (χ1) is 21.2. The highest BCUT2D eigenvalue weighted by Gasteiger charge is 2.78. The Balaban J connectivity index is 1.64. The van der Waals surface area contributed by atoms with Gasteiger partial charge >= 0.3 is 0 Å². The van der Waals surface area contributed by atoms with Gasteiger partial charge in [0.25, 0.3) is 5.91 Å². The van der Waals surface area contributed by atoms with Gasteiger partial charge in [-0.1, -0.05) is 73.1 Å². The summed E-state index contributed by atoms with van der Waals surface area (Å²) >= 11 is 8.26. The van der Waals surface area contributed by atoms with Gasteiger partial charge in [0.05, 0.1) is 39.9 Å². The summed E-state index contributed by atoms with van der Waals surface area (Å²) in [5.41, 5.74) is 1.48. The molecule has 0 aliphatic carbocycles. The molecule has 2 aromatic carbocycles. The lowest BCUT2D eigenvalue weighted by atomic mass is 9.66. The molecule has 2 unspecified atom stereocenters. The van der Waals surface area contributed by atoms with Crippen LogP contribution in [-0.2, 0) is 20.8 Å². The van der Waals surface area contributed by atoms with Gasteiger partial charge in [0.1, 0.15) is 6.04 Å². The van der Waals surface area contributed by atoms with Gasteiger partial charge in [0.15, 0.2) is 0 Å². The first-order valence-corrected chi connectivity index (χ1v) is 16.6. The number of nitrogens with zero attached hydrogens (tertiary/aromatic N) is 3. The maximum Gasteiger partial charge on any atom is 0.251 e. The van der Waals surface area contributed by atoms with Crippen LogP contribution in [0.3, 0.4) is 0 Å². The van der Waals surface area contributed by atoms with E-state index in [0.717, 1.165) is 12.0 Å². The minimum absolute atomic E-state index is 0.0626. The normalized spacial score (nSPS) is 27.6. The molecule has 0 aromatic heterocycles. The van der Waals surface area contributed by atoms with E-state index in [9.17, 15) is 19.5 Å². The van der Waals surface area contributed by atoms with Gasteiger partial charge in [-0.2, -0.15) is 0 Å². The number of hydrogen-bond donors (Lipinski definition) is 1. The predicted molar refractivity (Wildman–Crippen MR) is 178 cm³/mol. The molecule has 3 aliphatic rings. The van der Waals surface area contributed by atoms with E-state index in [1.54, 1.807) is 56.8 Å². The zero-order chi connectivity index (χ0) is 31.6. The molecule has 9 heteroatoms. The van der Waals surface area contributed by atoms with Crippen molar-refractivity contribution in [2.75, 3.05) is 31.1 Å². The van der Waals surface area contributed by atoms with Crippen molar-refractivity contribution in [3.8, 4) is 0 Å². The summed E-state index contributed by atoms with van der Waals surface area (Å²) in [6.45, 7) is 12.7. The molecular formula is C35H42ClN3O4S. The summed E-state index contributed by atoms with van der Waals surface area (Å²) in [4.78, 5) is 49.2. The van der Waals surface area contributed by atoms with E-state index in [0.29, 0.717) is 43.1 Å². The van der Waals surface area contributed by atoms with Gasteiger partial charge in [-0.3, -0.25) is 14.4 Å². The number of halogens is 1. The molecule has 7 nitrogen and oxygen atoms in total. The SMILES string of the molecule is C=CCN(CCC)C(=O)[C@H]1[C@H]2C(=O)N([C@@H](CO)Cc3ccccc3)C(C(=O)N(CC=C)c3ccccc3Cl)C23CC[C@]1(C)S3. The van der Waals surface area contributed by atoms with Crippen LogP contribution in [0.2, 0.25) is 5.02 Å². The Morgan fingerprint density at radius 3 is 2.41 bits per heavy atom. The maximum atomic E-state index is 15.0. The number of fused-ring (bicyclic) bond motifs is 1. The third kappa shape index (κ3) is 5.39. The van der Waals surface area contributed by atoms with E-state index in [-0.39, 0.29) is 30.9 Å².